The predicted molar refractivity (Wildman–Crippen MR) is 90.6 cm³/mol. The van der Waals surface area contributed by atoms with Gasteiger partial charge in [-0.05, 0) is 37.1 Å². The van der Waals surface area contributed by atoms with Gasteiger partial charge in [0.1, 0.15) is 6.04 Å². The van der Waals surface area contributed by atoms with Crippen LogP contribution in [-0.4, -0.2) is 29.3 Å². The van der Waals surface area contributed by atoms with E-state index in [0.29, 0.717) is 23.6 Å². The Morgan fingerprint density at radius 1 is 1.04 bits per heavy atom. The number of hydrogen-bond acceptors (Lipinski definition) is 2. The second kappa shape index (κ2) is 6.84. The lowest BCUT2D eigenvalue weighted by Gasteiger charge is -2.24. The molecule has 0 aromatic heterocycles. The predicted octanol–water partition coefficient (Wildman–Crippen LogP) is 3.58. The smallest absolute Gasteiger partial charge is 0.256 e. The fourth-order valence-corrected chi connectivity index (χ4v) is 3.04. The Morgan fingerprint density at radius 3 is 2.48 bits per heavy atom. The number of hydrogen-bond donors (Lipinski definition) is 1. The molecule has 0 bridgehead atoms. The summed E-state index contributed by atoms with van der Waals surface area (Å²) >= 11 is 6.11. The molecule has 0 aliphatic carbocycles. The Labute approximate surface area is 140 Å². The normalized spacial score (nSPS) is 17.1. The zero-order valence-corrected chi connectivity index (χ0v) is 13.3. The number of benzene rings is 2. The summed E-state index contributed by atoms with van der Waals surface area (Å²) < 4.78 is 0. The van der Waals surface area contributed by atoms with Crippen LogP contribution < -0.4 is 5.32 Å². The number of likely N-dealkylation sites (tertiary alicyclic amines) is 1. The van der Waals surface area contributed by atoms with E-state index in [0.717, 1.165) is 12.1 Å². The van der Waals surface area contributed by atoms with Crippen LogP contribution in [0.3, 0.4) is 0 Å². The van der Waals surface area contributed by atoms with Gasteiger partial charge in [-0.15, -0.1) is 0 Å². The van der Waals surface area contributed by atoms with Gasteiger partial charge in [-0.2, -0.15) is 0 Å². The van der Waals surface area contributed by atoms with E-state index < -0.39 is 6.04 Å². The molecule has 1 fully saturated rings. The number of carbonyl (C=O) groups excluding carboxylic acids is 2. The van der Waals surface area contributed by atoms with Crippen molar-refractivity contribution in [3.63, 3.8) is 0 Å². The van der Waals surface area contributed by atoms with Gasteiger partial charge in [0.05, 0.1) is 10.6 Å². The molecular formula is C18H17ClN2O2. The van der Waals surface area contributed by atoms with Gasteiger partial charge >= 0.3 is 0 Å². The number of anilines is 1. The average molecular weight is 329 g/mol. The lowest BCUT2D eigenvalue weighted by atomic mass is 10.1. The molecule has 0 spiro atoms. The second-order valence-electron chi connectivity index (χ2n) is 5.49. The summed E-state index contributed by atoms with van der Waals surface area (Å²) in [5.74, 6) is -0.351. The first-order valence-corrected chi connectivity index (χ1v) is 7.96. The molecule has 2 aromatic rings. The third-order valence-electron chi connectivity index (χ3n) is 3.96. The van der Waals surface area contributed by atoms with Crippen molar-refractivity contribution < 1.29 is 9.59 Å². The zero-order valence-electron chi connectivity index (χ0n) is 12.5. The highest BCUT2D eigenvalue weighted by atomic mass is 35.5. The minimum absolute atomic E-state index is 0.158. The number of nitrogens with zero attached hydrogens (tertiary/aromatic N) is 1. The molecule has 4 nitrogen and oxygen atoms in total. The van der Waals surface area contributed by atoms with Gasteiger partial charge in [0.2, 0.25) is 5.91 Å². The van der Waals surface area contributed by atoms with Crippen LogP contribution in [0.5, 0.6) is 0 Å². The number of amides is 2. The summed E-state index contributed by atoms with van der Waals surface area (Å²) in [6.45, 7) is 0.566. The summed E-state index contributed by atoms with van der Waals surface area (Å²) in [5.41, 5.74) is 1.17. The SMILES string of the molecule is O=C(Nc1ccccc1)[C@@H]1CCCN1C(=O)c1ccccc1Cl. The third-order valence-corrected chi connectivity index (χ3v) is 4.29. The first-order chi connectivity index (χ1) is 11.2. The fraction of sp³-hybridized carbons (Fsp3) is 0.222. The van der Waals surface area contributed by atoms with E-state index in [4.69, 9.17) is 11.6 Å². The van der Waals surface area contributed by atoms with Crippen LogP contribution in [0.2, 0.25) is 5.02 Å². The summed E-state index contributed by atoms with van der Waals surface area (Å²) in [6, 6.07) is 15.7. The van der Waals surface area contributed by atoms with Gasteiger partial charge in [0.25, 0.3) is 5.91 Å². The Balaban J connectivity index is 1.76. The highest BCUT2D eigenvalue weighted by Crippen LogP contribution is 2.24. The Bertz CT molecular complexity index is 718. The number of halogens is 1. The van der Waals surface area contributed by atoms with Crippen LogP contribution in [0.1, 0.15) is 23.2 Å². The van der Waals surface area contributed by atoms with Crippen LogP contribution in [0, 0.1) is 0 Å². The number of carbonyl (C=O) groups is 2. The molecule has 0 unspecified atom stereocenters. The van der Waals surface area contributed by atoms with Gasteiger partial charge in [0, 0.05) is 12.2 Å². The largest absolute Gasteiger partial charge is 0.327 e. The maximum atomic E-state index is 12.7. The van der Waals surface area contributed by atoms with Crippen LogP contribution in [0.15, 0.2) is 54.6 Å². The number of rotatable bonds is 3. The minimum Gasteiger partial charge on any atom is -0.327 e. The van der Waals surface area contributed by atoms with E-state index in [2.05, 4.69) is 5.32 Å². The molecule has 1 saturated heterocycles. The second-order valence-corrected chi connectivity index (χ2v) is 5.90. The first kappa shape index (κ1) is 15.6. The molecular weight excluding hydrogens is 312 g/mol. The molecule has 1 aliphatic heterocycles. The quantitative estimate of drug-likeness (QED) is 0.936. The summed E-state index contributed by atoms with van der Waals surface area (Å²) in [4.78, 5) is 26.8. The molecule has 1 heterocycles. The van der Waals surface area contributed by atoms with Gasteiger partial charge < -0.3 is 10.2 Å². The molecule has 0 saturated carbocycles. The Morgan fingerprint density at radius 2 is 1.74 bits per heavy atom. The minimum atomic E-state index is -0.459. The van der Waals surface area contributed by atoms with Gasteiger partial charge in [-0.3, -0.25) is 9.59 Å². The molecule has 0 radical (unpaired) electrons. The van der Waals surface area contributed by atoms with Crippen molar-refractivity contribution in [2.75, 3.05) is 11.9 Å². The van der Waals surface area contributed by atoms with E-state index in [1.54, 1.807) is 29.2 Å². The molecule has 1 N–H and O–H groups in total. The zero-order chi connectivity index (χ0) is 16.2. The lowest BCUT2D eigenvalue weighted by Crippen LogP contribution is -2.43. The Hall–Kier alpha value is -2.33. The van der Waals surface area contributed by atoms with Crippen molar-refractivity contribution in [1.29, 1.82) is 0 Å². The first-order valence-electron chi connectivity index (χ1n) is 7.58. The maximum Gasteiger partial charge on any atom is 0.256 e. The van der Waals surface area contributed by atoms with Gasteiger partial charge in [-0.1, -0.05) is 41.9 Å². The molecule has 5 heteroatoms. The lowest BCUT2D eigenvalue weighted by molar-refractivity contribution is -0.119. The highest BCUT2D eigenvalue weighted by Gasteiger charge is 2.35. The highest BCUT2D eigenvalue weighted by molar-refractivity contribution is 6.33. The van der Waals surface area contributed by atoms with Crippen molar-refractivity contribution in [2.45, 2.75) is 18.9 Å². The Kier molecular flexibility index (Phi) is 4.63. The molecule has 2 aromatic carbocycles. The van der Waals surface area contributed by atoms with Crippen molar-refractivity contribution in [3.8, 4) is 0 Å². The van der Waals surface area contributed by atoms with Gasteiger partial charge in [0.15, 0.2) is 0 Å². The molecule has 118 valence electrons. The maximum absolute atomic E-state index is 12.7. The monoisotopic (exact) mass is 328 g/mol. The van der Waals surface area contributed by atoms with Crippen molar-refractivity contribution in [2.24, 2.45) is 0 Å². The molecule has 2 amide bonds. The molecule has 1 aliphatic rings. The van der Waals surface area contributed by atoms with E-state index in [-0.39, 0.29) is 11.8 Å². The van der Waals surface area contributed by atoms with Crippen molar-refractivity contribution in [1.82, 2.24) is 4.90 Å². The van der Waals surface area contributed by atoms with Gasteiger partial charge in [-0.25, -0.2) is 0 Å². The number of nitrogens with one attached hydrogen (secondary N) is 1. The van der Waals surface area contributed by atoms with Crippen molar-refractivity contribution >= 4 is 29.1 Å². The number of para-hydroxylation sites is 1. The van der Waals surface area contributed by atoms with E-state index in [1.807, 2.05) is 30.3 Å². The van der Waals surface area contributed by atoms with E-state index in [1.165, 1.54) is 0 Å². The standard InChI is InChI=1S/C18H17ClN2O2/c19-15-10-5-4-9-14(15)18(23)21-12-6-11-16(21)17(22)20-13-7-2-1-3-8-13/h1-5,7-10,16H,6,11-12H2,(H,20,22)/t16-/m0/s1. The van der Waals surface area contributed by atoms with Crippen LogP contribution in [0.4, 0.5) is 5.69 Å². The van der Waals surface area contributed by atoms with Crippen LogP contribution >= 0.6 is 11.6 Å². The summed E-state index contributed by atoms with van der Waals surface area (Å²) in [5, 5.41) is 3.28. The summed E-state index contributed by atoms with van der Waals surface area (Å²) in [6.07, 6.45) is 1.47. The van der Waals surface area contributed by atoms with Crippen molar-refractivity contribution in [3.05, 3.63) is 65.2 Å². The van der Waals surface area contributed by atoms with Crippen LogP contribution in [-0.2, 0) is 4.79 Å². The van der Waals surface area contributed by atoms with Crippen LogP contribution in [0.25, 0.3) is 0 Å². The molecule has 1 atom stereocenters. The third kappa shape index (κ3) is 3.37. The van der Waals surface area contributed by atoms with E-state index in [9.17, 15) is 9.59 Å². The summed E-state index contributed by atoms with van der Waals surface area (Å²) in [7, 11) is 0. The van der Waals surface area contributed by atoms with E-state index >= 15 is 0 Å². The topological polar surface area (TPSA) is 49.4 Å². The molecule has 3 rings (SSSR count). The average Bonchev–Trinajstić information content (AvgIpc) is 3.05. The molecule has 23 heavy (non-hydrogen) atoms. The fourth-order valence-electron chi connectivity index (χ4n) is 2.82.